The molecular weight excluding hydrogens is 216 g/mol. The van der Waals surface area contributed by atoms with Gasteiger partial charge >= 0.3 is 0 Å². The number of carbonyl (C=O) groups is 1. The molecule has 0 aromatic heterocycles. The third kappa shape index (κ3) is 5.36. The smallest absolute Gasteiger partial charge is 0.221 e. The lowest BCUT2D eigenvalue weighted by molar-refractivity contribution is -0.114. The number of hydrogen-bond donors (Lipinski definition) is 2. The minimum Gasteiger partial charge on any atom is -0.385 e. The molecule has 1 aromatic carbocycles. The van der Waals surface area contributed by atoms with Crippen molar-refractivity contribution in [2.24, 2.45) is 5.92 Å². The van der Waals surface area contributed by atoms with Crippen LogP contribution in [-0.2, 0) is 9.53 Å². The standard InChI is InChI=1S/C13H20N2O2/c1-10(9-17-3)8-14-12-5-4-6-13(7-12)15-11(2)16/h4-7,10,14H,8-9H2,1-3H3,(H,15,16). The van der Waals surface area contributed by atoms with Crippen LogP contribution >= 0.6 is 0 Å². The average molecular weight is 236 g/mol. The Labute approximate surface area is 102 Å². The van der Waals surface area contributed by atoms with Crippen LogP contribution < -0.4 is 10.6 Å². The van der Waals surface area contributed by atoms with E-state index in [1.807, 2.05) is 24.3 Å². The number of hydrogen-bond acceptors (Lipinski definition) is 3. The van der Waals surface area contributed by atoms with E-state index in [1.165, 1.54) is 6.92 Å². The summed E-state index contributed by atoms with van der Waals surface area (Å²) in [5.74, 6) is 0.388. The lowest BCUT2D eigenvalue weighted by Crippen LogP contribution is -2.16. The van der Waals surface area contributed by atoms with Crippen molar-refractivity contribution in [3.8, 4) is 0 Å². The molecule has 0 fully saturated rings. The highest BCUT2D eigenvalue weighted by atomic mass is 16.5. The predicted molar refractivity (Wildman–Crippen MR) is 70.3 cm³/mol. The molecule has 2 N–H and O–H groups in total. The molecule has 17 heavy (non-hydrogen) atoms. The first-order valence-corrected chi connectivity index (χ1v) is 5.72. The number of anilines is 2. The molecule has 1 atom stereocenters. The number of benzene rings is 1. The van der Waals surface area contributed by atoms with E-state index in [0.717, 1.165) is 24.5 Å². The molecule has 0 bridgehead atoms. The summed E-state index contributed by atoms with van der Waals surface area (Å²) in [5.41, 5.74) is 1.81. The van der Waals surface area contributed by atoms with Crippen molar-refractivity contribution in [1.82, 2.24) is 0 Å². The normalized spacial score (nSPS) is 11.9. The van der Waals surface area contributed by atoms with Crippen LogP contribution in [0.5, 0.6) is 0 Å². The molecule has 0 aliphatic carbocycles. The highest BCUT2D eigenvalue weighted by Crippen LogP contribution is 2.15. The molecule has 1 rings (SSSR count). The Morgan fingerprint density at radius 1 is 1.41 bits per heavy atom. The van der Waals surface area contributed by atoms with Gasteiger partial charge in [0, 0.05) is 32.0 Å². The molecule has 4 heteroatoms. The number of methoxy groups -OCH3 is 1. The van der Waals surface area contributed by atoms with E-state index in [1.54, 1.807) is 7.11 Å². The van der Waals surface area contributed by atoms with Gasteiger partial charge in [-0.15, -0.1) is 0 Å². The van der Waals surface area contributed by atoms with Gasteiger partial charge in [0.2, 0.25) is 5.91 Å². The zero-order valence-corrected chi connectivity index (χ0v) is 10.6. The zero-order chi connectivity index (χ0) is 12.7. The maximum absolute atomic E-state index is 10.9. The Hall–Kier alpha value is -1.55. The van der Waals surface area contributed by atoms with E-state index in [9.17, 15) is 4.79 Å². The summed E-state index contributed by atoms with van der Waals surface area (Å²) in [7, 11) is 1.70. The monoisotopic (exact) mass is 236 g/mol. The van der Waals surface area contributed by atoms with Crippen LogP contribution in [0.1, 0.15) is 13.8 Å². The third-order valence-corrected chi connectivity index (χ3v) is 2.29. The van der Waals surface area contributed by atoms with Gasteiger partial charge < -0.3 is 15.4 Å². The van der Waals surface area contributed by atoms with Gasteiger partial charge in [-0.2, -0.15) is 0 Å². The van der Waals surface area contributed by atoms with Crippen molar-refractivity contribution in [2.45, 2.75) is 13.8 Å². The van der Waals surface area contributed by atoms with Crippen molar-refractivity contribution >= 4 is 17.3 Å². The van der Waals surface area contributed by atoms with Crippen molar-refractivity contribution in [2.75, 3.05) is 30.9 Å². The van der Waals surface area contributed by atoms with Gasteiger partial charge in [0.05, 0.1) is 6.61 Å². The van der Waals surface area contributed by atoms with Gasteiger partial charge in [-0.3, -0.25) is 4.79 Å². The Kier molecular flexibility index (Phi) is 5.49. The summed E-state index contributed by atoms with van der Waals surface area (Å²) < 4.78 is 5.07. The van der Waals surface area contributed by atoms with Crippen molar-refractivity contribution < 1.29 is 9.53 Å². The summed E-state index contributed by atoms with van der Waals surface area (Å²) in [6.07, 6.45) is 0. The lowest BCUT2D eigenvalue weighted by atomic mass is 10.2. The molecule has 94 valence electrons. The van der Waals surface area contributed by atoms with Crippen LogP contribution in [0, 0.1) is 5.92 Å². The quantitative estimate of drug-likeness (QED) is 0.797. The van der Waals surface area contributed by atoms with Gasteiger partial charge in [-0.25, -0.2) is 0 Å². The molecule has 1 aromatic rings. The van der Waals surface area contributed by atoms with Gasteiger partial charge in [0.25, 0.3) is 0 Å². The number of rotatable bonds is 6. The molecule has 1 amide bonds. The molecule has 0 heterocycles. The van der Waals surface area contributed by atoms with E-state index in [0.29, 0.717) is 5.92 Å². The van der Waals surface area contributed by atoms with Crippen LogP contribution in [0.4, 0.5) is 11.4 Å². The van der Waals surface area contributed by atoms with Crippen molar-refractivity contribution in [1.29, 1.82) is 0 Å². The summed E-state index contributed by atoms with van der Waals surface area (Å²) >= 11 is 0. The maximum Gasteiger partial charge on any atom is 0.221 e. The molecule has 1 unspecified atom stereocenters. The Bertz CT molecular complexity index is 366. The largest absolute Gasteiger partial charge is 0.385 e. The second kappa shape index (κ2) is 6.91. The fourth-order valence-electron chi connectivity index (χ4n) is 1.55. The summed E-state index contributed by atoms with van der Waals surface area (Å²) in [6.45, 7) is 5.20. The molecule has 0 aliphatic rings. The van der Waals surface area contributed by atoms with Crippen molar-refractivity contribution in [3.63, 3.8) is 0 Å². The second-order valence-electron chi connectivity index (χ2n) is 4.20. The van der Waals surface area contributed by atoms with Crippen LogP contribution in [0.15, 0.2) is 24.3 Å². The van der Waals surface area contributed by atoms with E-state index >= 15 is 0 Å². The number of ether oxygens (including phenoxy) is 1. The topological polar surface area (TPSA) is 50.4 Å². The molecule has 0 saturated carbocycles. The Morgan fingerprint density at radius 3 is 2.76 bits per heavy atom. The molecule has 4 nitrogen and oxygen atoms in total. The minimum atomic E-state index is -0.0603. The van der Waals surface area contributed by atoms with E-state index in [-0.39, 0.29) is 5.91 Å². The lowest BCUT2D eigenvalue weighted by Gasteiger charge is -2.13. The fourth-order valence-corrected chi connectivity index (χ4v) is 1.55. The van der Waals surface area contributed by atoms with Gasteiger partial charge in [-0.1, -0.05) is 13.0 Å². The fraction of sp³-hybridized carbons (Fsp3) is 0.462. The molecular formula is C13H20N2O2. The third-order valence-electron chi connectivity index (χ3n) is 2.29. The van der Waals surface area contributed by atoms with Crippen LogP contribution in [0.3, 0.4) is 0 Å². The molecule has 0 aliphatic heterocycles. The van der Waals surface area contributed by atoms with Gasteiger partial charge in [0.1, 0.15) is 0 Å². The van der Waals surface area contributed by atoms with Gasteiger partial charge in [-0.05, 0) is 24.1 Å². The summed E-state index contributed by atoms with van der Waals surface area (Å²) in [6, 6.07) is 7.67. The van der Waals surface area contributed by atoms with E-state index < -0.39 is 0 Å². The molecule has 0 spiro atoms. The minimum absolute atomic E-state index is 0.0603. The highest BCUT2D eigenvalue weighted by molar-refractivity contribution is 5.89. The maximum atomic E-state index is 10.9. The summed E-state index contributed by atoms with van der Waals surface area (Å²) in [4.78, 5) is 10.9. The Morgan fingerprint density at radius 2 is 2.12 bits per heavy atom. The van der Waals surface area contributed by atoms with Gasteiger partial charge in [0.15, 0.2) is 0 Å². The highest BCUT2D eigenvalue weighted by Gasteiger charge is 2.02. The first kappa shape index (κ1) is 13.5. The Balaban J connectivity index is 2.50. The average Bonchev–Trinajstić information content (AvgIpc) is 2.26. The SMILES string of the molecule is COCC(C)CNc1cccc(NC(C)=O)c1. The van der Waals surface area contributed by atoms with Crippen LogP contribution in [-0.4, -0.2) is 26.2 Å². The first-order valence-electron chi connectivity index (χ1n) is 5.72. The molecule has 0 saturated heterocycles. The zero-order valence-electron chi connectivity index (χ0n) is 10.6. The first-order chi connectivity index (χ1) is 8.11. The van der Waals surface area contributed by atoms with E-state index in [2.05, 4.69) is 17.6 Å². The molecule has 0 radical (unpaired) electrons. The second-order valence-corrected chi connectivity index (χ2v) is 4.20. The van der Waals surface area contributed by atoms with Crippen LogP contribution in [0.25, 0.3) is 0 Å². The summed E-state index contributed by atoms with van der Waals surface area (Å²) in [5, 5.41) is 6.07. The van der Waals surface area contributed by atoms with Crippen LogP contribution in [0.2, 0.25) is 0 Å². The van der Waals surface area contributed by atoms with E-state index in [4.69, 9.17) is 4.74 Å². The number of carbonyl (C=O) groups excluding carboxylic acids is 1. The van der Waals surface area contributed by atoms with Crippen molar-refractivity contribution in [3.05, 3.63) is 24.3 Å². The predicted octanol–water partition coefficient (Wildman–Crippen LogP) is 2.34. The number of amides is 1. The number of nitrogens with one attached hydrogen (secondary N) is 2.